The highest BCUT2D eigenvalue weighted by atomic mass is 35.5. The maximum atomic E-state index is 12.7. The molecule has 0 radical (unpaired) electrons. The minimum absolute atomic E-state index is 0.0991. The molecule has 1 amide bonds. The Morgan fingerprint density at radius 2 is 1.76 bits per heavy atom. The predicted octanol–water partition coefficient (Wildman–Crippen LogP) is 3.96. The van der Waals surface area contributed by atoms with Crippen LogP contribution in [-0.2, 0) is 19.6 Å². The predicted molar refractivity (Wildman–Crippen MR) is 114 cm³/mol. The van der Waals surface area contributed by atoms with Gasteiger partial charge in [-0.05, 0) is 56.3 Å². The number of hydrogen-bond acceptors (Lipinski definition) is 5. The molecule has 0 heterocycles. The van der Waals surface area contributed by atoms with Crippen molar-refractivity contribution in [2.24, 2.45) is 0 Å². The summed E-state index contributed by atoms with van der Waals surface area (Å²) in [5.41, 5.74) is 0.823. The second-order valence-electron chi connectivity index (χ2n) is 6.12. The number of rotatable bonds is 7. The molecule has 0 aromatic heterocycles. The summed E-state index contributed by atoms with van der Waals surface area (Å²) in [7, 11) is -3.85. The average molecular weight is 459 g/mol. The summed E-state index contributed by atoms with van der Waals surface area (Å²) in [5, 5.41) is 3.04. The molecule has 0 fully saturated rings. The number of esters is 1. The lowest BCUT2D eigenvalue weighted by atomic mass is 10.2. The van der Waals surface area contributed by atoms with E-state index >= 15 is 0 Å². The zero-order valence-electron chi connectivity index (χ0n) is 16.0. The Labute approximate surface area is 179 Å². The van der Waals surface area contributed by atoms with Gasteiger partial charge in [-0.2, -0.15) is 0 Å². The summed E-state index contributed by atoms with van der Waals surface area (Å²) < 4.78 is 30.5. The van der Waals surface area contributed by atoms with Gasteiger partial charge in [-0.15, -0.1) is 0 Å². The van der Waals surface area contributed by atoms with Crippen molar-refractivity contribution in [1.82, 2.24) is 0 Å². The average Bonchev–Trinajstić information content (AvgIpc) is 2.64. The van der Waals surface area contributed by atoms with Crippen molar-refractivity contribution in [3.05, 3.63) is 58.1 Å². The van der Waals surface area contributed by atoms with Gasteiger partial charge in [-0.25, -0.2) is 13.2 Å². The summed E-state index contributed by atoms with van der Waals surface area (Å²) in [6.45, 7) is 3.39. The Morgan fingerprint density at radius 3 is 2.31 bits per heavy atom. The Morgan fingerprint density at radius 1 is 1.14 bits per heavy atom. The number of carbonyl (C=O) groups is 2. The lowest BCUT2D eigenvalue weighted by molar-refractivity contribution is -0.116. The minimum Gasteiger partial charge on any atom is -0.462 e. The normalized spacial score (nSPS) is 12.2. The fourth-order valence-corrected chi connectivity index (χ4v) is 4.19. The molecule has 0 spiro atoms. The zero-order valence-corrected chi connectivity index (χ0v) is 18.3. The second-order valence-corrected chi connectivity index (χ2v) is 8.82. The molecule has 0 unspecified atom stereocenters. The van der Waals surface area contributed by atoms with E-state index in [9.17, 15) is 18.0 Å². The van der Waals surface area contributed by atoms with Gasteiger partial charge in [-0.3, -0.25) is 9.10 Å². The third kappa shape index (κ3) is 5.85. The molecule has 2 aromatic rings. The molecule has 1 N–H and O–H groups in total. The smallest absolute Gasteiger partial charge is 0.338 e. The first-order chi connectivity index (χ1) is 13.5. The van der Waals surface area contributed by atoms with Gasteiger partial charge in [0.1, 0.15) is 6.04 Å². The number of nitrogens with zero attached hydrogens (tertiary/aromatic N) is 1. The second kappa shape index (κ2) is 9.47. The number of ether oxygens (including phenoxy) is 1. The van der Waals surface area contributed by atoms with E-state index in [1.165, 1.54) is 49.4 Å². The summed E-state index contributed by atoms with van der Waals surface area (Å²) in [6.07, 6.45) is 0.974. The number of carbonyl (C=O) groups excluding carboxylic acids is 2. The van der Waals surface area contributed by atoms with Gasteiger partial charge in [0.2, 0.25) is 15.9 Å². The van der Waals surface area contributed by atoms with Gasteiger partial charge >= 0.3 is 5.97 Å². The van der Waals surface area contributed by atoms with Crippen LogP contribution in [0.2, 0.25) is 10.0 Å². The number of halogens is 2. The van der Waals surface area contributed by atoms with Gasteiger partial charge in [0.05, 0.1) is 29.1 Å². The van der Waals surface area contributed by atoms with Gasteiger partial charge in [0.15, 0.2) is 0 Å². The van der Waals surface area contributed by atoms with Crippen LogP contribution in [0, 0.1) is 0 Å². The number of nitrogens with one attached hydrogen (secondary N) is 1. The minimum atomic E-state index is -3.85. The number of hydrogen-bond donors (Lipinski definition) is 1. The van der Waals surface area contributed by atoms with Crippen molar-refractivity contribution >= 4 is 56.5 Å². The van der Waals surface area contributed by atoms with Crippen LogP contribution >= 0.6 is 23.2 Å². The van der Waals surface area contributed by atoms with Crippen molar-refractivity contribution in [3.8, 4) is 0 Å². The maximum Gasteiger partial charge on any atom is 0.338 e. The molecule has 2 aromatic carbocycles. The van der Waals surface area contributed by atoms with Crippen LogP contribution in [0.4, 0.5) is 11.4 Å². The molecule has 0 aliphatic heterocycles. The van der Waals surface area contributed by atoms with Crippen LogP contribution in [-0.4, -0.2) is 39.2 Å². The Hall–Kier alpha value is -2.29. The SMILES string of the molecule is CCOC(=O)c1ccc(NC(=O)[C@@H](C)N(c2cc(Cl)ccc2Cl)S(C)(=O)=O)cc1. The van der Waals surface area contributed by atoms with E-state index in [0.717, 1.165) is 10.6 Å². The zero-order chi connectivity index (χ0) is 21.8. The first kappa shape index (κ1) is 23.0. The number of benzene rings is 2. The summed E-state index contributed by atoms with van der Waals surface area (Å²) >= 11 is 12.1. The monoisotopic (exact) mass is 458 g/mol. The fraction of sp³-hybridized carbons (Fsp3) is 0.263. The van der Waals surface area contributed by atoms with E-state index in [1.54, 1.807) is 6.92 Å². The molecule has 156 valence electrons. The molecule has 29 heavy (non-hydrogen) atoms. The highest BCUT2D eigenvalue weighted by molar-refractivity contribution is 7.92. The van der Waals surface area contributed by atoms with Crippen molar-refractivity contribution in [2.75, 3.05) is 22.5 Å². The van der Waals surface area contributed by atoms with Crippen LogP contribution in [0.1, 0.15) is 24.2 Å². The van der Waals surface area contributed by atoms with Crippen LogP contribution in [0.5, 0.6) is 0 Å². The summed E-state index contributed by atoms with van der Waals surface area (Å²) in [6, 6.07) is 9.27. The molecule has 0 aliphatic carbocycles. The van der Waals surface area contributed by atoms with Crippen molar-refractivity contribution in [2.45, 2.75) is 19.9 Å². The largest absolute Gasteiger partial charge is 0.462 e. The van der Waals surface area contributed by atoms with Gasteiger partial charge < -0.3 is 10.1 Å². The molecule has 10 heteroatoms. The Kier molecular flexibility index (Phi) is 7.51. The Balaban J connectivity index is 2.26. The molecule has 0 bridgehead atoms. The molecular weight excluding hydrogens is 439 g/mol. The molecule has 0 saturated carbocycles. The maximum absolute atomic E-state index is 12.7. The lowest BCUT2D eigenvalue weighted by Crippen LogP contribution is -2.45. The van der Waals surface area contributed by atoms with Crippen LogP contribution in [0.25, 0.3) is 0 Å². The highest BCUT2D eigenvalue weighted by Crippen LogP contribution is 2.32. The van der Waals surface area contributed by atoms with E-state index < -0.39 is 27.9 Å². The van der Waals surface area contributed by atoms with Gasteiger partial charge in [0.25, 0.3) is 0 Å². The van der Waals surface area contributed by atoms with E-state index in [4.69, 9.17) is 27.9 Å². The molecular formula is C19H20Cl2N2O5S. The van der Waals surface area contributed by atoms with E-state index in [1.807, 2.05) is 0 Å². The molecule has 0 aliphatic rings. The summed E-state index contributed by atoms with van der Waals surface area (Å²) in [5.74, 6) is -1.06. The molecule has 7 nitrogen and oxygen atoms in total. The van der Waals surface area contributed by atoms with Crippen molar-refractivity contribution in [3.63, 3.8) is 0 Å². The number of sulfonamides is 1. The van der Waals surface area contributed by atoms with Crippen molar-refractivity contribution < 1.29 is 22.7 Å². The van der Waals surface area contributed by atoms with Crippen molar-refractivity contribution in [1.29, 1.82) is 0 Å². The molecule has 2 rings (SSSR count). The standard InChI is InChI=1S/C19H20Cl2N2O5S/c1-4-28-19(25)13-5-8-15(9-6-13)22-18(24)12(2)23(29(3,26)27)17-11-14(20)7-10-16(17)21/h5-12H,4H2,1-3H3,(H,22,24)/t12-/m1/s1. The first-order valence-electron chi connectivity index (χ1n) is 8.57. The third-order valence-electron chi connectivity index (χ3n) is 3.90. The highest BCUT2D eigenvalue weighted by Gasteiger charge is 2.31. The van der Waals surface area contributed by atoms with Gasteiger partial charge in [-0.1, -0.05) is 23.2 Å². The van der Waals surface area contributed by atoms with Crippen LogP contribution in [0.3, 0.4) is 0 Å². The lowest BCUT2D eigenvalue weighted by Gasteiger charge is -2.29. The number of amides is 1. The van der Waals surface area contributed by atoms with Crippen LogP contribution in [0.15, 0.2) is 42.5 Å². The van der Waals surface area contributed by atoms with Gasteiger partial charge in [0, 0.05) is 10.7 Å². The van der Waals surface area contributed by atoms with E-state index in [0.29, 0.717) is 11.3 Å². The quantitative estimate of drug-likeness (QED) is 0.633. The Bertz CT molecular complexity index is 1010. The topological polar surface area (TPSA) is 92.8 Å². The molecule has 1 atom stereocenters. The molecule has 0 saturated heterocycles. The number of anilines is 2. The van der Waals surface area contributed by atoms with Crippen LogP contribution < -0.4 is 9.62 Å². The van der Waals surface area contributed by atoms with E-state index in [-0.39, 0.29) is 22.3 Å². The van der Waals surface area contributed by atoms with E-state index in [2.05, 4.69) is 5.32 Å². The summed E-state index contributed by atoms with van der Waals surface area (Å²) in [4.78, 5) is 24.4. The fourth-order valence-electron chi connectivity index (χ4n) is 2.59. The third-order valence-corrected chi connectivity index (χ3v) is 5.68. The first-order valence-corrected chi connectivity index (χ1v) is 11.2.